The summed E-state index contributed by atoms with van der Waals surface area (Å²) in [6.45, 7) is 4.05. The molecule has 1 saturated carbocycles. The first-order valence-electron chi connectivity index (χ1n) is 10.2. The summed E-state index contributed by atoms with van der Waals surface area (Å²) in [6.07, 6.45) is 12.5. The maximum atomic E-state index is 12.1. The van der Waals surface area contributed by atoms with Gasteiger partial charge in [0, 0.05) is 32.0 Å². The maximum Gasteiger partial charge on any atom is 0.315 e. The molecular formula is C19H33N5O. The minimum Gasteiger partial charge on any atom is -0.338 e. The van der Waals surface area contributed by atoms with Crippen LogP contribution in [0.4, 0.5) is 4.79 Å². The van der Waals surface area contributed by atoms with E-state index in [9.17, 15) is 4.79 Å². The highest BCUT2D eigenvalue weighted by atomic mass is 16.2. The van der Waals surface area contributed by atoms with Crippen molar-refractivity contribution in [2.45, 2.75) is 90.1 Å². The zero-order valence-corrected chi connectivity index (χ0v) is 15.6. The Balaban J connectivity index is 1.36. The second-order valence-corrected chi connectivity index (χ2v) is 7.81. The smallest absolute Gasteiger partial charge is 0.315 e. The fourth-order valence-electron chi connectivity index (χ4n) is 4.05. The molecule has 2 atom stereocenters. The molecule has 0 radical (unpaired) electrons. The molecule has 2 N–H and O–H groups in total. The number of hydrogen-bond donors (Lipinski definition) is 2. The van der Waals surface area contributed by atoms with E-state index in [2.05, 4.69) is 32.3 Å². The van der Waals surface area contributed by atoms with E-state index in [1.165, 1.54) is 38.5 Å². The van der Waals surface area contributed by atoms with Gasteiger partial charge in [0.15, 0.2) is 0 Å². The molecule has 3 rings (SSSR count). The van der Waals surface area contributed by atoms with Crippen molar-refractivity contribution in [3.05, 3.63) is 11.6 Å². The number of hydrogen-bond acceptors (Lipinski definition) is 3. The van der Waals surface area contributed by atoms with Gasteiger partial charge in [-0.05, 0) is 44.4 Å². The summed E-state index contributed by atoms with van der Waals surface area (Å²) in [4.78, 5) is 12.1. The molecule has 1 aliphatic carbocycles. The molecule has 1 aromatic rings. The average molecular weight is 348 g/mol. The van der Waals surface area contributed by atoms with Crippen LogP contribution in [0.2, 0.25) is 0 Å². The van der Waals surface area contributed by atoms with Crippen LogP contribution in [0, 0.1) is 5.92 Å². The standard InChI is InChI=1S/C19H33N5O/c1-15-7-5-8-16(12-11-15)21-19(25)20-13-6-10-18-23-22-17-9-3-2-4-14-24(17)18/h15-16H,2-14H2,1H3,(H2,20,21,25)/t15-,16+/m1/s1. The molecule has 6 heteroatoms. The lowest BCUT2D eigenvalue weighted by Crippen LogP contribution is -2.42. The Labute approximate surface area is 151 Å². The first-order chi connectivity index (χ1) is 12.2. The van der Waals surface area contributed by atoms with Gasteiger partial charge in [0.25, 0.3) is 0 Å². The molecule has 0 aromatic carbocycles. The Morgan fingerprint density at radius 1 is 1.12 bits per heavy atom. The van der Waals surface area contributed by atoms with E-state index in [-0.39, 0.29) is 6.03 Å². The maximum absolute atomic E-state index is 12.1. The van der Waals surface area contributed by atoms with Gasteiger partial charge < -0.3 is 15.2 Å². The molecule has 1 aliphatic heterocycles. The van der Waals surface area contributed by atoms with Crippen molar-refractivity contribution in [1.82, 2.24) is 25.4 Å². The summed E-state index contributed by atoms with van der Waals surface area (Å²) >= 11 is 0. The van der Waals surface area contributed by atoms with Crippen LogP contribution < -0.4 is 10.6 Å². The molecule has 25 heavy (non-hydrogen) atoms. The monoisotopic (exact) mass is 347 g/mol. The predicted octanol–water partition coefficient (Wildman–Crippen LogP) is 3.21. The summed E-state index contributed by atoms with van der Waals surface area (Å²) < 4.78 is 2.29. The van der Waals surface area contributed by atoms with Gasteiger partial charge in [0.2, 0.25) is 0 Å². The van der Waals surface area contributed by atoms with E-state index >= 15 is 0 Å². The van der Waals surface area contributed by atoms with Crippen LogP contribution in [0.15, 0.2) is 0 Å². The van der Waals surface area contributed by atoms with E-state index in [1.807, 2.05) is 0 Å². The summed E-state index contributed by atoms with van der Waals surface area (Å²) in [6, 6.07) is 0.330. The molecule has 0 saturated heterocycles. The molecule has 1 fully saturated rings. The highest BCUT2D eigenvalue weighted by Gasteiger charge is 2.18. The topological polar surface area (TPSA) is 71.8 Å². The van der Waals surface area contributed by atoms with E-state index in [0.29, 0.717) is 12.6 Å². The Bertz CT molecular complexity index is 556. The van der Waals surface area contributed by atoms with Crippen molar-refractivity contribution in [2.24, 2.45) is 5.92 Å². The Morgan fingerprint density at radius 2 is 2.04 bits per heavy atom. The molecule has 140 valence electrons. The minimum atomic E-state index is -0.0142. The van der Waals surface area contributed by atoms with Crippen LogP contribution in [0.5, 0.6) is 0 Å². The lowest BCUT2D eigenvalue weighted by molar-refractivity contribution is 0.235. The van der Waals surface area contributed by atoms with Crippen molar-refractivity contribution in [1.29, 1.82) is 0 Å². The van der Waals surface area contributed by atoms with Crippen molar-refractivity contribution in [2.75, 3.05) is 6.54 Å². The van der Waals surface area contributed by atoms with Crippen LogP contribution in [0.1, 0.15) is 76.4 Å². The number of aromatic nitrogens is 3. The normalized spacial score (nSPS) is 24.0. The number of carbonyl (C=O) groups excluding carboxylic acids is 1. The van der Waals surface area contributed by atoms with Crippen molar-refractivity contribution >= 4 is 6.03 Å². The van der Waals surface area contributed by atoms with Gasteiger partial charge in [-0.2, -0.15) is 0 Å². The second kappa shape index (κ2) is 9.20. The number of fused-ring (bicyclic) bond motifs is 1. The number of carbonyl (C=O) groups is 1. The highest BCUT2D eigenvalue weighted by Crippen LogP contribution is 2.22. The van der Waals surface area contributed by atoms with E-state index in [0.717, 1.165) is 56.2 Å². The van der Waals surface area contributed by atoms with Crippen molar-refractivity contribution in [3.8, 4) is 0 Å². The third-order valence-corrected chi connectivity index (χ3v) is 5.64. The summed E-state index contributed by atoms with van der Waals surface area (Å²) in [5.41, 5.74) is 0. The number of rotatable bonds is 5. The SMILES string of the molecule is C[C@@H]1CCC[C@H](NC(=O)NCCCc2nnc3n2CCCCC3)CC1. The zero-order valence-electron chi connectivity index (χ0n) is 15.6. The number of aryl methyl sites for hydroxylation is 2. The van der Waals surface area contributed by atoms with Gasteiger partial charge >= 0.3 is 6.03 Å². The van der Waals surface area contributed by atoms with Gasteiger partial charge in [-0.25, -0.2) is 4.79 Å². The fourth-order valence-corrected chi connectivity index (χ4v) is 4.05. The molecule has 6 nitrogen and oxygen atoms in total. The first kappa shape index (κ1) is 18.2. The van der Waals surface area contributed by atoms with Crippen molar-refractivity contribution < 1.29 is 4.79 Å². The molecule has 2 aliphatic rings. The van der Waals surface area contributed by atoms with Gasteiger partial charge in [0.05, 0.1) is 0 Å². The van der Waals surface area contributed by atoms with Gasteiger partial charge in [-0.3, -0.25) is 0 Å². The highest BCUT2D eigenvalue weighted by molar-refractivity contribution is 5.74. The zero-order chi connectivity index (χ0) is 17.5. The third kappa shape index (κ3) is 5.44. The van der Waals surface area contributed by atoms with Gasteiger partial charge in [-0.15, -0.1) is 10.2 Å². The molecule has 0 unspecified atom stereocenters. The first-order valence-corrected chi connectivity index (χ1v) is 10.2. The van der Waals surface area contributed by atoms with Gasteiger partial charge in [0.1, 0.15) is 11.6 Å². The lowest BCUT2D eigenvalue weighted by Gasteiger charge is -2.17. The van der Waals surface area contributed by atoms with E-state index in [1.54, 1.807) is 0 Å². The molecule has 1 aromatic heterocycles. The Kier molecular flexibility index (Phi) is 6.70. The van der Waals surface area contributed by atoms with Crippen LogP contribution >= 0.6 is 0 Å². The molecule has 0 spiro atoms. The van der Waals surface area contributed by atoms with Crippen LogP contribution in [0.25, 0.3) is 0 Å². The molecule has 2 amide bonds. The number of nitrogens with one attached hydrogen (secondary N) is 2. The van der Waals surface area contributed by atoms with E-state index < -0.39 is 0 Å². The second-order valence-electron chi connectivity index (χ2n) is 7.81. The Hall–Kier alpha value is -1.59. The summed E-state index contributed by atoms with van der Waals surface area (Å²) in [5, 5.41) is 14.8. The van der Waals surface area contributed by atoms with Crippen LogP contribution in [-0.2, 0) is 19.4 Å². The van der Waals surface area contributed by atoms with Gasteiger partial charge in [-0.1, -0.05) is 26.2 Å². The van der Waals surface area contributed by atoms with Crippen molar-refractivity contribution in [3.63, 3.8) is 0 Å². The number of amides is 2. The quantitative estimate of drug-likeness (QED) is 0.634. The average Bonchev–Trinajstić information content (AvgIpc) is 2.77. The third-order valence-electron chi connectivity index (χ3n) is 5.64. The molecule has 0 bridgehead atoms. The number of urea groups is 1. The molecular weight excluding hydrogens is 314 g/mol. The fraction of sp³-hybridized carbons (Fsp3) is 0.842. The van der Waals surface area contributed by atoms with Crippen LogP contribution in [-0.4, -0.2) is 33.4 Å². The minimum absolute atomic E-state index is 0.0142. The summed E-state index contributed by atoms with van der Waals surface area (Å²) in [5.74, 6) is 3.02. The largest absolute Gasteiger partial charge is 0.338 e. The Morgan fingerprint density at radius 3 is 2.96 bits per heavy atom. The summed E-state index contributed by atoms with van der Waals surface area (Å²) in [7, 11) is 0. The molecule has 2 heterocycles. The number of nitrogens with zero attached hydrogens (tertiary/aromatic N) is 3. The van der Waals surface area contributed by atoms with Crippen LogP contribution in [0.3, 0.4) is 0 Å². The predicted molar refractivity (Wildman–Crippen MR) is 98.5 cm³/mol. The van der Waals surface area contributed by atoms with E-state index in [4.69, 9.17) is 0 Å². The lowest BCUT2D eigenvalue weighted by atomic mass is 10.0.